The van der Waals surface area contributed by atoms with Crippen molar-refractivity contribution < 1.29 is 13.9 Å². The molecule has 0 unspecified atom stereocenters. The monoisotopic (exact) mass is 334 g/mol. The van der Waals surface area contributed by atoms with E-state index in [9.17, 15) is 9.18 Å². The quantitative estimate of drug-likeness (QED) is 0.869. The summed E-state index contributed by atoms with van der Waals surface area (Å²) in [6.45, 7) is 0. The number of rotatable bonds is 4. The summed E-state index contributed by atoms with van der Waals surface area (Å²) in [5, 5.41) is 6.21. The van der Waals surface area contributed by atoms with Crippen molar-refractivity contribution in [2.45, 2.75) is 76.0 Å². The van der Waals surface area contributed by atoms with Crippen LogP contribution in [0.5, 0.6) is 5.75 Å². The Kier molecular flexibility index (Phi) is 5.94. The minimum Gasteiger partial charge on any atom is -0.490 e. The summed E-state index contributed by atoms with van der Waals surface area (Å²) in [5.41, 5.74) is 0. The summed E-state index contributed by atoms with van der Waals surface area (Å²) in [6, 6.07) is 6.70. The normalized spacial score (nSPS) is 25.0. The number of nitrogens with one attached hydrogen (secondary N) is 2. The lowest BCUT2D eigenvalue weighted by atomic mass is 9.93. The Morgan fingerprint density at radius 3 is 2.08 bits per heavy atom. The molecule has 24 heavy (non-hydrogen) atoms. The van der Waals surface area contributed by atoms with Gasteiger partial charge in [0.1, 0.15) is 11.6 Å². The van der Waals surface area contributed by atoms with Crippen LogP contribution in [0.3, 0.4) is 0 Å². The van der Waals surface area contributed by atoms with E-state index in [0.29, 0.717) is 11.8 Å². The van der Waals surface area contributed by atoms with Crippen LogP contribution in [0.1, 0.15) is 57.8 Å². The molecule has 0 atom stereocenters. The molecule has 0 heterocycles. The summed E-state index contributed by atoms with van der Waals surface area (Å²) in [6.07, 6.45) is 9.74. The molecule has 2 fully saturated rings. The van der Waals surface area contributed by atoms with Crippen molar-refractivity contribution in [3.63, 3.8) is 0 Å². The van der Waals surface area contributed by atoms with Gasteiger partial charge >= 0.3 is 6.03 Å². The highest BCUT2D eigenvalue weighted by Gasteiger charge is 2.24. The van der Waals surface area contributed by atoms with Gasteiger partial charge in [0.05, 0.1) is 6.10 Å². The van der Waals surface area contributed by atoms with Crippen LogP contribution in [0.15, 0.2) is 24.3 Å². The number of benzene rings is 1. The summed E-state index contributed by atoms with van der Waals surface area (Å²) in [4.78, 5) is 12.1. The Morgan fingerprint density at radius 2 is 1.46 bits per heavy atom. The van der Waals surface area contributed by atoms with Gasteiger partial charge in [-0.15, -0.1) is 0 Å². The van der Waals surface area contributed by atoms with Gasteiger partial charge in [-0.1, -0.05) is 19.3 Å². The van der Waals surface area contributed by atoms with Crippen molar-refractivity contribution >= 4 is 6.03 Å². The van der Waals surface area contributed by atoms with Gasteiger partial charge in [0.25, 0.3) is 0 Å². The molecule has 1 aromatic carbocycles. The highest BCUT2D eigenvalue weighted by atomic mass is 19.1. The maximum atomic E-state index is 12.9. The van der Waals surface area contributed by atoms with Crippen LogP contribution in [0.25, 0.3) is 0 Å². The van der Waals surface area contributed by atoms with Crippen LogP contribution in [0, 0.1) is 5.82 Å². The molecule has 2 aliphatic rings. The Morgan fingerprint density at radius 1 is 0.875 bits per heavy atom. The SMILES string of the molecule is O=C(NC1CCCCC1)NC1CCC(Oc2ccc(F)cc2)CC1. The zero-order valence-corrected chi connectivity index (χ0v) is 14.1. The van der Waals surface area contributed by atoms with Gasteiger partial charge < -0.3 is 15.4 Å². The van der Waals surface area contributed by atoms with Crippen molar-refractivity contribution in [3.05, 3.63) is 30.1 Å². The molecule has 0 spiro atoms. The van der Waals surface area contributed by atoms with Crippen molar-refractivity contribution in [3.8, 4) is 5.75 Å². The van der Waals surface area contributed by atoms with Crippen molar-refractivity contribution in [2.75, 3.05) is 0 Å². The third-order valence-corrected chi connectivity index (χ3v) is 5.07. The fraction of sp³-hybridized carbons (Fsp3) is 0.632. The molecule has 2 aliphatic carbocycles. The maximum absolute atomic E-state index is 12.9. The average molecular weight is 334 g/mol. The standard InChI is InChI=1S/C19H27FN2O2/c20-14-6-10-17(11-7-14)24-18-12-8-16(9-13-18)22-19(23)21-15-4-2-1-3-5-15/h6-7,10-11,15-16,18H,1-5,8-9,12-13H2,(H2,21,22,23). The van der Waals surface area contributed by atoms with E-state index in [0.717, 1.165) is 38.5 Å². The van der Waals surface area contributed by atoms with Crippen LogP contribution >= 0.6 is 0 Å². The third-order valence-electron chi connectivity index (χ3n) is 5.07. The molecular formula is C19H27FN2O2. The summed E-state index contributed by atoms with van der Waals surface area (Å²) in [5.74, 6) is 0.460. The molecule has 2 saturated carbocycles. The van der Waals surface area contributed by atoms with Crippen molar-refractivity contribution in [2.24, 2.45) is 0 Å². The summed E-state index contributed by atoms with van der Waals surface area (Å²) in [7, 11) is 0. The van der Waals surface area contributed by atoms with Gasteiger partial charge in [0, 0.05) is 12.1 Å². The Balaban J connectivity index is 1.37. The largest absolute Gasteiger partial charge is 0.490 e. The third kappa shape index (κ3) is 5.11. The molecule has 2 N–H and O–H groups in total. The first kappa shape index (κ1) is 17.1. The first-order valence-electron chi connectivity index (χ1n) is 9.18. The van der Waals surface area contributed by atoms with Gasteiger partial charge in [0.2, 0.25) is 0 Å². The Bertz CT molecular complexity index is 521. The van der Waals surface area contributed by atoms with E-state index in [-0.39, 0.29) is 24.0 Å². The number of hydrogen-bond donors (Lipinski definition) is 2. The predicted octanol–water partition coefficient (Wildman–Crippen LogP) is 4.15. The van der Waals surface area contributed by atoms with E-state index >= 15 is 0 Å². The van der Waals surface area contributed by atoms with E-state index in [4.69, 9.17) is 4.74 Å². The molecule has 0 aliphatic heterocycles. The first-order valence-corrected chi connectivity index (χ1v) is 9.18. The zero-order chi connectivity index (χ0) is 16.8. The molecule has 132 valence electrons. The van der Waals surface area contributed by atoms with Gasteiger partial charge in [-0.2, -0.15) is 0 Å². The van der Waals surface area contributed by atoms with Gasteiger partial charge in [-0.3, -0.25) is 0 Å². The first-order chi connectivity index (χ1) is 11.7. The molecule has 1 aromatic rings. The molecule has 2 amide bonds. The number of carbonyl (C=O) groups excluding carboxylic acids is 1. The van der Waals surface area contributed by atoms with Crippen LogP contribution < -0.4 is 15.4 Å². The topological polar surface area (TPSA) is 50.4 Å². The molecule has 0 radical (unpaired) electrons. The average Bonchev–Trinajstić information content (AvgIpc) is 2.59. The molecule has 4 nitrogen and oxygen atoms in total. The smallest absolute Gasteiger partial charge is 0.315 e. The minimum atomic E-state index is -0.251. The van der Waals surface area contributed by atoms with Crippen LogP contribution in [0.4, 0.5) is 9.18 Å². The van der Waals surface area contributed by atoms with Crippen molar-refractivity contribution in [1.82, 2.24) is 10.6 Å². The lowest BCUT2D eigenvalue weighted by Crippen LogP contribution is -2.48. The van der Waals surface area contributed by atoms with Gasteiger partial charge in [-0.05, 0) is 62.8 Å². The second-order valence-corrected chi connectivity index (χ2v) is 7.00. The van der Waals surface area contributed by atoms with Crippen LogP contribution in [0.2, 0.25) is 0 Å². The molecule has 0 saturated heterocycles. The molecule has 3 rings (SSSR count). The Labute approximate surface area is 143 Å². The van der Waals surface area contributed by atoms with Crippen LogP contribution in [-0.4, -0.2) is 24.2 Å². The summed E-state index contributed by atoms with van der Waals surface area (Å²) >= 11 is 0. The Hall–Kier alpha value is -1.78. The number of halogens is 1. The van der Waals surface area contributed by atoms with Crippen LogP contribution in [-0.2, 0) is 0 Å². The fourth-order valence-corrected chi connectivity index (χ4v) is 3.69. The number of urea groups is 1. The molecular weight excluding hydrogens is 307 g/mol. The number of carbonyl (C=O) groups is 1. The molecule has 0 aromatic heterocycles. The maximum Gasteiger partial charge on any atom is 0.315 e. The number of ether oxygens (including phenoxy) is 1. The number of amides is 2. The molecule has 0 bridgehead atoms. The van der Waals surface area contributed by atoms with E-state index in [1.54, 1.807) is 12.1 Å². The van der Waals surface area contributed by atoms with E-state index in [1.165, 1.54) is 31.4 Å². The molecule has 5 heteroatoms. The van der Waals surface area contributed by atoms with E-state index in [2.05, 4.69) is 10.6 Å². The lowest BCUT2D eigenvalue weighted by molar-refractivity contribution is 0.139. The zero-order valence-electron chi connectivity index (χ0n) is 14.1. The van der Waals surface area contributed by atoms with E-state index < -0.39 is 0 Å². The second-order valence-electron chi connectivity index (χ2n) is 7.00. The van der Waals surface area contributed by atoms with E-state index in [1.807, 2.05) is 0 Å². The predicted molar refractivity (Wildman–Crippen MR) is 91.6 cm³/mol. The van der Waals surface area contributed by atoms with Crippen molar-refractivity contribution in [1.29, 1.82) is 0 Å². The highest BCUT2D eigenvalue weighted by molar-refractivity contribution is 5.74. The number of hydrogen-bond acceptors (Lipinski definition) is 2. The fourth-order valence-electron chi connectivity index (χ4n) is 3.69. The lowest BCUT2D eigenvalue weighted by Gasteiger charge is -2.30. The highest BCUT2D eigenvalue weighted by Crippen LogP contribution is 2.24. The summed E-state index contributed by atoms with van der Waals surface area (Å²) < 4.78 is 18.8. The minimum absolute atomic E-state index is 0.0233. The second kappa shape index (κ2) is 8.36. The van der Waals surface area contributed by atoms with Gasteiger partial charge in [-0.25, -0.2) is 9.18 Å². The van der Waals surface area contributed by atoms with Gasteiger partial charge in [0.15, 0.2) is 0 Å².